The van der Waals surface area contributed by atoms with Gasteiger partial charge in [-0.05, 0) is 6.92 Å². The summed E-state index contributed by atoms with van der Waals surface area (Å²) < 4.78 is 37.3. The van der Waals surface area contributed by atoms with Crippen molar-refractivity contribution in [2.75, 3.05) is 0 Å². The third-order valence-electron chi connectivity index (χ3n) is 1.37. The van der Waals surface area contributed by atoms with Crippen molar-refractivity contribution in [2.45, 2.75) is 6.92 Å². The first-order chi connectivity index (χ1) is 5.04. The predicted octanol–water partition coefficient (Wildman–Crippen LogP) is 1.47. The summed E-state index contributed by atoms with van der Waals surface area (Å²) in [5.41, 5.74) is -0.430. The Labute approximate surface area is 89.5 Å². The zero-order valence-corrected chi connectivity index (χ0v) is 5.66. The van der Waals surface area contributed by atoms with E-state index in [2.05, 4.69) is 0 Å². The third kappa shape index (κ3) is 1.94. The third-order valence-corrected chi connectivity index (χ3v) is 1.37. The van der Waals surface area contributed by atoms with E-state index in [-0.39, 0.29) is 29.6 Å². The van der Waals surface area contributed by atoms with Gasteiger partial charge in [-0.25, -0.2) is 8.78 Å². The van der Waals surface area contributed by atoms with Gasteiger partial charge in [-0.1, -0.05) is 0 Å². The molecule has 0 aromatic heterocycles. The van der Waals surface area contributed by atoms with Gasteiger partial charge >= 0.3 is 29.6 Å². The summed E-state index contributed by atoms with van der Waals surface area (Å²) in [6, 6.07) is 0.535. The summed E-state index contributed by atoms with van der Waals surface area (Å²) in [6.07, 6.45) is 0. The molecule has 0 spiro atoms. The maximum atomic E-state index is 12.5. The summed E-state index contributed by atoms with van der Waals surface area (Å²) in [5, 5.41) is 8.55. The van der Waals surface area contributed by atoms with E-state index in [9.17, 15) is 13.2 Å². The van der Waals surface area contributed by atoms with E-state index in [1.165, 1.54) is 0 Å². The second-order valence-corrected chi connectivity index (χ2v) is 2.13. The van der Waals surface area contributed by atoms with Crippen LogP contribution in [0, 0.1) is 24.4 Å². The summed E-state index contributed by atoms with van der Waals surface area (Å²) in [4.78, 5) is 0. The molecule has 1 aromatic rings. The first-order valence-electron chi connectivity index (χ1n) is 2.87. The van der Waals surface area contributed by atoms with E-state index >= 15 is 0 Å². The molecule has 1 N–H and O–H groups in total. The molecule has 1 rings (SSSR count). The summed E-state index contributed by atoms with van der Waals surface area (Å²) in [7, 11) is 0. The number of halogens is 3. The number of benzene rings is 1. The van der Waals surface area contributed by atoms with Gasteiger partial charge in [0, 0.05) is 11.6 Å². The van der Waals surface area contributed by atoms with Crippen LogP contribution in [0.15, 0.2) is 6.07 Å². The minimum atomic E-state index is -1.41. The fourth-order valence-corrected chi connectivity index (χ4v) is 0.674. The number of phenolic OH excluding ortho intramolecular Hbond substituents is 1. The summed E-state index contributed by atoms with van der Waals surface area (Å²) >= 11 is 0. The van der Waals surface area contributed by atoms with Gasteiger partial charge in [-0.2, -0.15) is 4.39 Å². The Hall–Kier alpha value is -0.190. The number of aromatic hydroxyl groups is 1. The average Bonchev–Trinajstić information content (AvgIpc) is 1.97. The molecule has 1 nitrogen and oxygen atoms in total. The number of hydrogen-bond donors (Lipinski definition) is 1. The van der Waals surface area contributed by atoms with Gasteiger partial charge in [0.25, 0.3) is 0 Å². The van der Waals surface area contributed by atoms with E-state index in [1.54, 1.807) is 0 Å². The first kappa shape index (κ1) is 11.8. The molecule has 1 aromatic carbocycles. The Morgan fingerprint density at radius 3 is 2.17 bits per heavy atom. The van der Waals surface area contributed by atoms with Gasteiger partial charge < -0.3 is 5.11 Å². The van der Waals surface area contributed by atoms with E-state index in [0.29, 0.717) is 6.07 Å². The molecule has 0 heterocycles. The van der Waals surface area contributed by atoms with Gasteiger partial charge in [0.2, 0.25) is 5.82 Å². The van der Waals surface area contributed by atoms with Crippen LogP contribution in [0.2, 0.25) is 0 Å². The minimum absolute atomic E-state index is 0. The number of rotatable bonds is 0. The zero-order valence-electron chi connectivity index (χ0n) is 5.66. The molecular formula is C7H6F3NaO. The standard InChI is InChI=1S/C7H5F3O.Na.H/c1-3-4(8)2-5(11)7(10)6(3)9;;/h2,11H,1H3;;. The molecule has 62 valence electrons. The van der Waals surface area contributed by atoms with Crippen LogP contribution in [0.1, 0.15) is 5.56 Å². The number of phenols is 1. The van der Waals surface area contributed by atoms with Crippen LogP contribution in [-0.2, 0) is 0 Å². The van der Waals surface area contributed by atoms with E-state index in [4.69, 9.17) is 5.11 Å². The predicted molar refractivity (Wildman–Crippen MR) is 39.9 cm³/mol. The van der Waals surface area contributed by atoms with Crippen molar-refractivity contribution in [3.8, 4) is 5.75 Å². The molecular weight excluding hydrogens is 180 g/mol. The molecule has 0 atom stereocenters. The molecule has 12 heavy (non-hydrogen) atoms. The van der Waals surface area contributed by atoms with Crippen molar-refractivity contribution in [1.29, 1.82) is 0 Å². The Morgan fingerprint density at radius 2 is 1.67 bits per heavy atom. The van der Waals surface area contributed by atoms with Crippen molar-refractivity contribution in [3.05, 3.63) is 29.1 Å². The molecule has 0 amide bonds. The second-order valence-electron chi connectivity index (χ2n) is 2.13. The molecule has 0 aliphatic rings. The molecule has 0 aliphatic heterocycles. The van der Waals surface area contributed by atoms with Crippen molar-refractivity contribution < 1.29 is 18.3 Å². The molecule has 0 radical (unpaired) electrons. The van der Waals surface area contributed by atoms with Gasteiger partial charge in [0.05, 0.1) is 0 Å². The van der Waals surface area contributed by atoms with Crippen LogP contribution in [0.4, 0.5) is 13.2 Å². The van der Waals surface area contributed by atoms with Crippen LogP contribution in [0.5, 0.6) is 5.75 Å². The van der Waals surface area contributed by atoms with Gasteiger partial charge in [0.1, 0.15) is 5.82 Å². The molecule has 0 unspecified atom stereocenters. The zero-order chi connectivity index (χ0) is 8.59. The fraction of sp³-hybridized carbons (Fsp3) is 0.143. The Bertz CT molecular complexity index is 275. The van der Waals surface area contributed by atoms with E-state index < -0.39 is 28.8 Å². The molecule has 5 heteroatoms. The normalized spacial score (nSPS) is 9.33. The number of hydrogen-bond acceptors (Lipinski definition) is 1. The van der Waals surface area contributed by atoms with Gasteiger partial charge in [0.15, 0.2) is 11.6 Å². The van der Waals surface area contributed by atoms with E-state index in [1.807, 2.05) is 0 Å². The van der Waals surface area contributed by atoms with Gasteiger partial charge in [-0.15, -0.1) is 0 Å². The van der Waals surface area contributed by atoms with E-state index in [0.717, 1.165) is 6.92 Å². The van der Waals surface area contributed by atoms with Crippen molar-refractivity contribution in [2.24, 2.45) is 0 Å². The van der Waals surface area contributed by atoms with Crippen molar-refractivity contribution in [3.63, 3.8) is 0 Å². The monoisotopic (exact) mass is 186 g/mol. The second kappa shape index (κ2) is 4.16. The summed E-state index contributed by atoms with van der Waals surface area (Å²) in [6.45, 7) is 1.09. The van der Waals surface area contributed by atoms with Crippen LogP contribution in [-0.4, -0.2) is 34.7 Å². The van der Waals surface area contributed by atoms with Gasteiger partial charge in [-0.3, -0.25) is 0 Å². The molecule has 0 saturated heterocycles. The van der Waals surface area contributed by atoms with Crippen LogP contribution in [0.25, 0.3) is 0 Å². The Kier molecular flexibility index (Phi) is 4.10. The van der Waals surface area contributed by atoms with Crippen LogP contribution >= 0.6 is 0 Å². The summed E-state index contributed by atoms with van der Waals surface area (Å²) in [5.74, 6) is -4.72. The van der Waals surface area contributed by atoms with Crippen molar-refractivity contribution >= 4 is 29.6 Å². The Morgan fingerprint density at radius 1 is 1.17 bits per heavy atom. The first-order valence-corrected chi connectivity index (χ1v) is 2.87. The van der Waals surface area contributed by atoms with Crippen LogP contribution in [0.3, 0.4) is 0 Å². The molecule has 0 bridgehead atoms. The SMILES string of the molecule is Cc1c(F)cc(O)c(F)c1F.[NaH]. The van der Waals surface area contributed by atoms with Crippen LogP contribution < -0.4 is 0 Å². The fourth-order valence-electron chi connectivity index (χ4n) is 0.674. The van der Waals surface area contributed by atoms with Crippen molar-refractivity contribution in [1.82, 2.24) is 0 Å². The molecule has 0 aliphatic carbocycles. The average molecular weight is 186 g/mol. The topological polar surface area (TPSA) is 20.2 Å². The molecule has 0 fully saturated rings. The maximum absolute atomic E-state index is 12.5. The quantitative estimate of drug-likeness (QED) is 0.480. The Balaban J connectivity index is 0.00000121. The molecule has 0 saturated carbocycles.